The summed E-state index contributed by atoms with van der Waals surface area (Å²) in [6.07, 6.45) is 2.97. The van der Waals surface area contributed by atoms with Crippen molar-refractivity contribution < 1.29 is 9.53 Å². The number of H-pyrrole nitrogens is 1. The number of fused-ring (bicyclic) bond motifs is 1. The highest BCUT2D eigenvalue weighted by Gasteiger charge is 2.24. The Labute approximate surface area is 264 Å². The monoisotopic (exact) mass is 621 g/mol. The van der Waals surface area contributed by atoms with Crippen LogP contribution in [0.15, 0.2) is 66.7 Å². The summed E-state index contributed by atoms with van der Waals surface area (Å²) in [5.74, 6) is 0.963. The van der Waals surface area contributed by atoms with Gasteiger partial charge >= 0.3 is 0 Å². The van der Waals surface area contributed by atoms with Crippen LogP contribution in [0.3, 0.4) is 0 Å². The summed E-state index contributed by atoms with van der Waals surface area (Å²) in [7, 11) is 1.87. The van der Waals surface area contributed by atoms with Gasteiger partial charge in [-0.3, -0.25) is 4.79 Å². The van der Waals surface area contributed by atoms with E-state index in [1.54, 1.807) is 0 Å². The molecule has 1 aliphatic heterocycles. The van der Waals surface area contributed by atoms with E-state index >= 15 is 0 Å². The number of hydrogen-bond acceptors (Lipinski definition) is 5. The Morgan fingerprint density at radius 2 is 1.86 bits per heavy atom. The number of imidazole rings is 1. The van der Waals surface area contributed by atoms with Crippen LogP contribution in [0, 0.1) is 0 Å². The zero-order chi connectivity index (χ0) is 30.3. The molecule has 1 amide bonds. The molecule has 5 rings (SSSR count). The number of carbonyl (C=O) groups excluding carboxylic acids is 1. The van der Waals surface area contributed by atoms with Crippen molar-refractivity contribution in [3.05, 3.63) is 93.5 Å². The SMILES string of the molecule is CCOC(C)c1cccc2[nH]c(NC3CCN(CCC(CN(C)C(=O)c4ccccc4)c4ccc(Cl)c(Cl)c4)CC3)nc12. The van der Waals surface area contributed by atoms with Crippen LogP contribution in [0.1, 0.15) is 66.6 Å². The molecule has 1 saturated heterocycles. The van der Waals surface area contributed by atoms with E-state index in [9.17, 15) is 4.79 Å². The number of likely N-dealkylation sites (tertiary alicyclic amines) is 1. The summed E-state index contributed by atoms with van der Waals surface area (Å²) in [6.45, 7) is 8.28. The van der Waals surface area contributed by atoms with Crippen LogP contribution in [0.25, 0.3) is 11.0 Å². The van der Waals surface area contributed by atoms with E-state index in [1.165, 1.54) is 0 Å². The molecule has 1 aliphatic rings. The molecule has 0 saturated carbocycles. The lowest BCUT2D eigenvalue weighted by Crippen LogP contribution is -2.40. The molecule has 2 heterocycles. The predicted octanol–water partition coefficient (Wildman–Crippen LogP) is 7.79. The Bertz CT molecular complexity index is 1500. The van der Waals surface area contributed by atoms with E-state index in [2.05, 4.69) is 34.3 Å². The number of rotatable bonds is 12. The lowest BCUT2D eigenvalue weighted by atomic mass is 9.94. The topological polar surface area (TPSA) is 73.5 Å². The largest absolute Gasteiger partial charge is 0.374 e. The molecule has 2 unspecified atom stereocenters. The number of para-hydroxylation sites is 1. The van der Waals surface area contributed by atoms with Gasteiger partial charge in [0.25, 0.3) is 5.91 Å². The van der Waals surface area contributed by atoms with Gasteiger partial charge in [-0.2, -0.15) is 0 Å². The second-order valence-electron chi connectivity index (χ2n) is 11.4. The highest BCUT2D eigenvalue weighted by Crippen LogP contribution is 2.30. The number of aromatic amines is 1. The maximum absolute atomic E-state index is 13.1. The third kappa shape index (κ3) is 7.90. The Hall–Kier alpha value is -3.10. The number of anilines is 1. The number of aromatic nitrogens is 2. The van der Waals surface area contributed by atoms with Crippen molar-refractivity contribution in [2.24, 2.45) is 0 Å². The number of hydrogen-bond donors (Lipinski definition) is 2. The Balaban J connectivity index is 1.18. The number of benzene rings is 3. The molecule has 2 atom stereocenters. The third-order valence-electron chi connectivity index (χ3n) is 8.40. The van der Waals surface area contributed by atoms with Crippen molar-refractivity contribution in [3.8, 4) is 0 Å². The van der Waals surface area contributed by atoms with E-state index in [4.69, 9.17) is 32.9 Å². The molecular weight excluding hydrogens is 581 g/mol. The zero-order valence-electron chi connectivity index (χ0n) is 25.2. The number of halogens is 2. The Kier molecular flexibility index (Phi) is 10.6. The van der Waals surface area contributed by atoms with Gasteiger partial charge in [0.2, 0.25) is 5.95 Å². The first-order valence-electron chi connectivity index (χ1n) is 15.2. The molecule has 43 heavy (non-hydrogen) atoms. The number of amides is 1. The third-order valence-corrected chi connectivity index (χ3v) is 9.14. The fourth-order valence-electron chi connectivity index (χ4n) is 5.97. The normalized spacial score (nSPS) is 15.8. The Morgan fingerprint density at radius 3 is 2.58 bits per heavy atom. The molecule has 0 radical (unpaired) electrons. The van der Waals surface area contributed by atoms with Gasteiger partial charge in [-0.1, -0.05) is 59.6 Å². The first-order valence-corrected chi connectivity index (χ1v) is 15.9. The first kappa shape index (κ1) is 31.3. The van der Waals surface area contributed by atoms with Gasteiger partial charge in [-0.25, -0.2) is 4.98 Å². The number of nitrogens with one attached hydrogen (secondary N) is 2. The standard InChI is InChI=1S/C34H41Cl2N5O2/c1-4-43-23(2)28-11-8-12-31-32(28)39-34(38-31)37-27-16-19-41(20-17-27)18-15-26(25-13-14-29(35)30(36)21-25)22-40(3)33(42)24-9-6-5-7-10-24/h5-14,21,23,26-27H,4,15-20,22H2,1-3H3,(H2,37,38,39). The molecule has 0 aliphatic carbocycles. The van der Waals surface area contributed by atoms with Gasteiger partial charge in [0.1, 0.15) is 0 Å². The number of piperidine rings is 1. The van der Waals surface area contributed by atoms with E-state index in [-0.39, 0.29) is 17.9 Å². The Morgan fingerprint density at radius 1 is 1.09 bits per heavy atom. The van der Waals surface area contributed by atoms with Crippen molar-refractivity contribution in [2.45, 2.75) is 51.2 Å². The molecule has 0 bridgehead atoms. The number of likely N-dealkylation sites (N-methyl/N-ethyl adjacent to an activating group) is 1. The van der Waals surface area contributed by atoms with E-state index in [1.807, 2.05) is 73.5 Å². The van der Waals surface area contributed by atoms with Gasteiger partial charge in [0.15, 0.2) is 0 Å². The van der Waals surface area contributed by atoms with Crippen LogP contribution in [-0.2, 0) is 4.74 Å². The highest BCUT2D eigenvalue weighted by atomic mass is 35.5. The van der Waals surface area contributed by atoms with Crippen molar-refractivity contribution in [3.63, 3.8) is 0 Å². The zero-order valence-corrected chi connectivity index (χ0v) is 26.7. The molecular formula is C34H41Cl2N5O2. The van der Waals surface area contributed by atoms with Crippen LogP contribution < -0.4 is 5.32 Å². The van der Waals surface area contributed by atoms with E-state index in [0.29, 0.717) is 34.8 Å². The lowest BCUT2D eigenvalue weighted by molar-refractivity contribution is 0.0772. The van der Waals surface area contributed by atoms with Crippen molar-refractivity contribution in [1.29, 1.82) is 0 Å². The smallest absolute Gasteiger partial charge is 0.253 e. The highest BCUT2D eigenvalue weighted by molar-refractivity contribution is 6.42. The molecule has 1 fully saturated rings. The summed E-state index contributed by atoms with van der Waals surface area (Å²) in [5, 5.41) is 4.72. The van der Waals surface area contributed by atoms with E-state index < -0.39 is 0 Å². The molecule has 0 spiro atoms. The van der Waals surface area contributed by atoms with Gasteiger partial charge in [-0.15, -0.1) is 0 Å². The minimum absolute atomic E-state index is 0.00272. The maximum atomic E-state index is 13.1. The van der Waals surface area contributed by atoms with Gasteiger partial charge < -0.3 is 24.8 Å². The minimum atomic E-state index is -0.00272. The van der Waals surface area contributed by atoms with Crippen molar-refractivity contribution in [1.82, 2.24) is 19.8 Å². The second kappa shape index (κ2) is 14.6. The molecule has 228 valence electrons. The average Bonchev–Trinajstić information content (AvgIpc) is 3.44. The van der Waals surface area contributed by atoms with Gasteiger partial charge in [0.05, 0.1) is 27.2 Å². The van der Waals surface area contributed by atoms with Crippen LogP contribution in [-0.4, -0.2) is 71.6 Å². The maximum Gasteiger partial charge on any atom is 0.253 e. The molecule has 3 aromatic carbocycles. The molecule has 9 heteroatoms. The van der Waals surface area contributed by atoms with Crippen LogP contribution in [0.4, 0.5) is 5.95 Å². The fraction of sp³-hybridized carbons (Fsp3) is 0.412. The number of carbonyl (C=O) groups is 1. The molecule has 2 N–H and O–H groups in total. The van der Waals surface area contributed by atoms with E-state index in [0.717, 1.165) is 67.0 Å². The molecule has 4 aromatic rings. The summed E-state index contributed by atoms with van der Waals surface area (Å²) in [5.41, 5.74) is 4.88. The molecule has 7 nitrogen and oxygen atoms in total. The number of ether oxygens (including phenoxy) is 1. The average molecular weight is 623 g/mol. The minimum Gasteiger partial charge on any atom is -0.374 e. The van der Waals surface area contributed by atoms with Crippen LogP contribution in [0.5, 0.6) is 0 Å². The molecule has 1 aromatic heterocycles. The van der Waals surface area contributed by atoms with Crippen LogP contribution in [0.2, 0.25) is 10.0 Å². The van der Waals surface area contributed by atoms with Crippen LogP contribution >= 0.6 is 23.2 Å². The van der Waals surface area contributed by atoms with Gasteiger partial charge in [0, 0.05) is 56.4 Å². The fourth-order valence-corrected chi connectivity index (χ4v) is 6.27. The van der Waals surface area contributed by atoms with Gasteiger partial charge in [-0.05, 0) is 75.5 Å². The van der Waals surface area contributed by atoms with Crippen molar-refractivity contribution >= 4 is 46.1 Å². The summed E-state index contributed by atoms with van der Waals surface area (Å²) < 4.78 is 5.83. The second-order valence-corrected chi connectivity index (χ2v) is 12.2. The predicted molar refractivity (Wildman–Crippen MR) is 176 cm³/mol. The first-order chi connectivity index (χ1) is 20.8. The number of nitrogens with zero attached hydrogens (tertiary/aromatic N) is 3. The summed E-state index contributed by atoms with van der Waals surface area (Å²) in [6, 6.07) is 21.8. The summed E-state index contributed by atoms with van der Waals surface area (Å²) >= 11 is 12.6. The van der Waals surface area contributed by atoms with Crippen molar-refractivity contribution in [2.75, 3.05) is 45.2 Å². The summed E-state index contributed by atoms with van der Waals surface area (Å²) in [4.78, 5) is 25.8. The lowest BCUT2D eigenvalue weighted by Gasteiger charge is -2.34. The quantitative estimate of drug-likeness (QED) is 0.169.